The first-order chi connectivity index (χ1) is 9.11. The van der Waals surface area contributed by atoms with Gasteiger partial charge in [0, 0.05) is 0 Å². The van der Waals surface area contributed by atoms with E-state index in [0.29, 0.717) is 5.56 Å². The van der Waals surface area contributed by atoms with Gasteiger partial charge in [0.25, 0.3) is 0 Å². The molecular formula is C15H21NO4. The van der Waals surface area contributed by atoms with Crippen LogP contribution in [0.3, 0.4) is 0 Å². The van der Waals surface area contributed by atoms with Crippen LogP contribution >= 0.6 is 0 Å². The number of ether oxygens (including phenoxy) is 1. The zero-order chi connectivity index (χ0) is 15.5. The number of carboxylic acids is 1. The summed E-state index contributed by atoms with van der Waals surface area (Å²) in [4.78, 5) is 23.4. The van der Waals surface area contributed by atoms with E-state index >= 15 is 0 Å². The summed E-state index contributed by atoms with van der Waals surface area (Å²) in [5, 5.41) is 9.26. The standard InChI is InChI=1S/C15H21NO4/c1-9-6-5-7-10(8-9)12(16)11(13(17)18)14(19)20-15(2,3)4/h5-8,11-12H,16H2,1-4H3,(H,17,18)/t11-,12?/m1/s1. The average Bonchev–Trinajstić information content (AvgIpc) is 2.25. The van der Waals surface area contributed by atoms with Gasteiger partial charge in [-0.3, -0.25) is 9.59 Å². The Morgan fingerprint density at radius 1 is 1.30 bits per heavy atom. The number of aryl methyl sites for hydroxylation is 1. The third kappa shape index (κ3) is 4.35. The van der Waals surface area contributed by atoms with Crippen molar-refractivity contribution in [2.24, 2.45) is 11.7 Å². The molecule has 0 saturated heterocycles. The fourth-order valence-corrected chi connectivity index (χ4v) is 1.84. The van der Waals surface area contributed by atoms with E-state index in [4.69, 9.17) is 10.5 Å². The molecule has 0 aromatic heterocycles. The summed E-state index contributed by atoms with van der Waals surface area (Å²) in [5.74, 6) is -3.52. The Labute approximate surface area is 118 Å². The lowest BCUT2D eigenvalue weighted by molar-refractivity contribution is -0.167. The highest BCUT2D eigenvalue weighted by molar-refractivity contribution is 5.95. The Morgan fingerprint density at radius 2 is 1.90 bits per heavy atom. The first-order valence-corrected chi connectivity index (χ1v) is 6.39. The van der Waals surface area contributed by atoms with Gasteiger partial charge < -0.3 is 15.6 Å². The molecule has 3 N–H and O–H groups in total. The second kappa shape index (κ2) is 6.05. The summed E-state index contributed by atoms with van der Waals surface area (Å²) in [6.07, 6.45) is 0. The third-order valence-corrected chi connectivity index (χ3v) is 2.71. The number of carboxylic acid groups (broad SMARTS) is 1. The zero-order valence-electron chi connectivity index (χ0n) is 12.2. The molecule has 1 rings (SSSR count). The molecule has 0 spiro atoms. The molecule has 5 nitrogen and oxygen atoms in total. The molecule has 0 aliphatic carbocycles. The van der Waals surface area contributed by atoms with Gasteiger partial charge in [-0.05, 0) is 33.3 Å². The predicted octanol–water partition coefficient (Wildman–Crippen LogP) is 2.04. The molecule has 2 atom stereocenters. The topological polar surface area (TPSA) is 89.6 Å². The molecule has 110 valence electrons. The van der Waals surface area contributed by atoms with Crippen molar-refractivity contribution in [1.29, 1.82) is 0 Å². The average molecular weight is 279 g/mol. The number of hydrogen-bond acceptors (Lipinski definition) is 4. The molecule has 5 heteroatoms. The molecule has 20 heavy (non-hydrogen) atoms. The first kappa shape index (κ1) is 16.2. The van der Waals surface area contributed by atoms with Crippen molar-refractivity contribution in [3.63, 3.8) is 0 Å². The van der Waals surface area contributed by atoms with Crippen molar-refractivity contribution in [3.05, 3.63) is 35.4 Å². The van der Waals surface area contributed by atoms with Gasteiger partial charge in [0.15, 0.2) is 5.92 Å². The van der Waals surface area contributed by atoms with Gasteiger partial charge in [0.05, 0.1) is 6.04 Å². The Kier molecular flexibility index (Phi) is 4.89. The van der Waals surface area contributed by atoms with Gasteiger partial charge in [-0.15, -0.1) is 0 Å². The number of benzene rings is 1. The van der Waals surface area contributed by atoms with Crippen LogP contribution in [0.25, 0.3) is 0 Å². The van der Waals surface area contributed by atoms with Crippen molar-refractivity contribution >= 4 is 11.9 Å². The molecule has 0 bridgehead atoms. The molecule has 0 fully saturated rings. The first-order valence-electron chi connectivity index (χ1n) is 6.39. The van der Waals surface area contributed by atoms with Crippen LogP contribution in [0, 0.1) is 12.8 Å². The number of nitrogens with two attached hydrogens (primary N) is 1. The van der Waals surface area contributed by atoms with E-state index in [-0.39, 0.29) is 0 Å². The molecule has 0 aliphatic heterocycles. The fraction of sp³-hybridized carbons (Fsp3) is 0.467. The molecule has 0 aliphatic rings. The van der Waals surface area contributed by atoms with Crippen LogP contribution in [0.15, 0.2) is 24.3 Å². The fourth-order valence-electron chi connectivity index (χ4n) is 1.84. The zero-order valence-corrected chi connectivity index (χ0v) is 12.2. The Hall–Kier alpha value is -1.88. The Balaban J connectivity index is 3.02. The largest absolute Gasteiger partial charge is 0.481 e. The van der Waals surface area contributed by atoms with Crippen molar-refractivity contribution in [2.45, 2.75) is 39.3 Å². The number of hydrogen-bond donors (Lipinski definition) is 2. The summed E-state index contributed by atoms with van der Waals surface area (Å²) in [5.41, 5.74) is 6.74. The van der Waals surface area contributed by atoms with Crippen LogP contribution in [-0.2, 0) is 14.3 Å². The van der Waals surface area contributed by atoms with Crippen molar-refractivity contribution in [2.75, 3.05) is 0 Å². The van der Waals surface area contributed by atoms with Crippen molar-refractivity contribution < 1.29 is 19.4 Å². The van der Waals surface area contributed by atoms with Gasteiger partial charge in [-0.1, -0.05) is 29.8 Å². The number of aliphatic carboxylic acids is 1. The molecule has 0 radical (unpaired) electrons. The van der Waals surface area contributed by atoms with E-state index in [0.717, 1.165) is 5.56 Å². The van der Waals surface area contributed by atoms with E-state index in [1.165, 1.54) is 0 Å². The lowest BCUT2D eigenvalue weighted by Crippen LogP contribution is -2.39. The maximum Gasteiger partial charge on any atom is 0.322 e. The number of rotatable bonds is 4. The number of carbonyl (C=O) groups excluding carboxylic acids is 1. The Morgan fingerprint density at radius 3 is 2.35 bits per heavy atom. The summed E-state index contributed by atoms with van der Waals surface area (Å²) < 4.78 is 5.13. The van der Waals surface area contributed by atoms with Gasteiger partial charge >= 0.3 is 11.9 Å². The lowest BCUT2D eigenvalue weighted by atomic mass is 9.92. The van der Waals surface area contributed by atoms with Gasteiger partial charge in [0.1, 0.15) is 5.60 Å². The normalized spacial score (nSPS) is 14.4. The molecular weight excluding hydrogens is 258 g/mol. The highest BCUT2D eigenvalue weighted by Crippen LogP contribution is 2.24. The quantitative estimate of drug-likeness (QED) is 0.650. The van der Waals surface area contributed by atoms with Crippen LogP contribution in [0.2, 0.25) is 0 Å². The summed E-state index contributed by atoms with van der Waals surface area (Å²) in [6.45, 7) is 6.92. The van der Waals surface area contributed by atoms with Crippen LogP contribution in [-0.4, -0.2) is 22.6 Å². The van der Waals surface area contributed by atoms with Gasteiger partial charge in [-0.25, -0.2) is 0 Å². The molecule has 0 saturated carbocycles. The second-order valence-electron chi connectivity index (χ2n) is 5.79. The van der Waals surface area contributed by atoms with Gasteiger partial charge in [0.2, 0.25) is 0 Å². The lowest BCUT2D eigenvalue weighted by Gasteiger charge is -2.25. The van der Waals surface area contributed by atoms with E-state index in [1.54, 1.807) is 39.0 Å². The molecule has 0 amide bonds. The van der Waals surface area contributed by atoms with E-state index in [9.17, 15) is 14.7 Å². The highest BCUT2D eigenvalue weighted by atomic mass is 16.6. The molecule has 0 heterocycles. The van der Waals surface area contributed by atoms with E-state index in [1.807, 2.05) is 13.0 Å². The van der Waals surface area contributed by atoms with Crippen LogP contribution in [0.1, 0.15) is 37.9 Å². The minimum absolute atomic E-state index is 0.600. The SMILES string of the molecule is Cc1cccc(C(N)[C@H](C(=O)O)C(=O)OC(C)(C)C)c1. The van der Waals surface area contributed by atoms with Crippen molar-refractivity contribution in [3.8, 4) is 0 Å². The summed E-state index contributed by atoms with van der Waals surface area (Å²) >= 11 is 0. The number of carbonyl (C=O) groups is 2. The molecule has 1 aromatic carbocycles. The Bertz CT molecular complexity index is 505. The minimum atomic E-state index is -1.42. The van der Waals surface area contributed by atoms with Crippen LogP contribution < -0.4 is 5.73 Å². The molecule has 1 unspecified atom stereocenters. The van der Waals surface area contributed by atoms with Gasteiger partial charge in [-0.2, -0.15) is 0 Å². The maximum absolute atomic E-state index is 12.0. The number of esters is 1. The van der Waals surface area contributed by atoms with E-state index in [2.05, 4.69) is 0 Å². The summed E-state index contributed by atoms with van der Waals surface area (Å²) in [6, 6.07) is 6.18. The summed E-state index contributed by atoms with van der Waals surface area (Å²) in [7, 11) is 0. The molecule has 1 aromatic rings. The van der Waals surface area contributed by atoms with Crippen LogP contribution in [0.5, 0.6) is 0 Å². The highest BCUT2D eigenvalue weighted by Gasteiger charge is 2.37. The third-order valence-electron chi connectivity index (χ3n) is 2.71. The van der Waals surface area contributed by atoms with E-state index < -0.39 is 29.5 Å². The monoisotopic (exact) mass is 279 g/mol. The van der Waals surface area contributed by atoms with Crippen LogP contribution in [0.4, 0.5) is 0 Å². The maximum atomic E-state index is 12.0. The second-order valence-corrected chi connectivity index (χ2v) is 5.79. The minimum Gasteiger partial charge on any atom is -0.481 e. The predicted molar refractivity (Wildman–Crippen MR) is 75.1 cm³/mol. The smallest absolute Gasteiger partial charge is 0.322 e. The van der Waals surface area contributed by atoms with Crippen molar-refractivity contribution in [1.82, 2.24) is 0 Å².